The number of rotatable bonds is 6. The lowest BCUT2D eigenvalue weighted by molar-refractivity contribution is 0.150. The summed E-state index contributed by atoms with van der Waals surface area (Å²) in [5.41, 5.74) is 1.73. The van der Waals surface area contributed by atoms with Gasteiger partial charge in [0, 0.05) is 0 Å². The lowest BCUT2D eigenvalue weighted by Gasteiger charge is -2.24. The summed E-state index contributed by atoms with van der Waals surface area (Å²) in [7, 11) is -3.53. The highest BCUT2D eigenvalue weighted by Gasteiger charge is 2.35. The summed E-state index contributed by atoms with van der Waals surface area (Å²) in [4.78, 5) is 0. The molecule has 114 valence electrons. The van der Waals surface area contributed by atoms with Gasteiger partial charge in [-0.15, -0.1) is 0 Å². The smallest absolute Gasteiger partial charge is 0.363 e. The SMILES string of the molecule is CCOP(=O)(OCC)C(O)c1ccc(C(C)(C)C)cc1. The van der Waals surface area contributed by atoms with Crippen molar-refractivity contribution in [2.45, 2.75) is 45.9 Å². The molecule has 0 aliphatic rings. The number of hydrogen-bond donors (Lipinski definition) is 1. The molecule has 1 aromatic rings. The van der Waals surface area contributed by atoms with Crippen LogP contribution in [0.1, 0.15) is 51.6 Å². The molecule has 4 nitrogen and oxygen atoms in total. The maximum atomic E-state index is 12.5. The molecule has 1 aromatic carbocycles. The second-order valence-electron chi connectivity index (χ2n) is 5.62. The standard InChI is InChI=1S/C15H25O4P/c1-6-18-20(17,19-7-2)14(16)12-8-10-13(11-9-12)15(3,4)5/h8-11,14,16H,6-7H2,1-5H3. The zero-order valence-corrected chi connectivity index (χ0v) is 13.8. The Morgan fingerprint density at radius 1 is 1.10 bits per heavy atom. The first-order chi connectivity index (χ1) is 9.24. The largest absolute Gasteiger partial charge is 0.376 e. The number of aliphatic hydroxyl groups is 1. The molecule has 1 atom stereocenters. The van der Waals surface area contributed by atoms with Crippen LogP contribution in [0, 0.1) is 0 Å². The van der Waals surface area contributed by atoms with Gasteiger partial charge < -0.3 is 14.2 Å². The molecule has 0 bridgehead atoms. The van der Waals surface area contributed by atoms with Crippen LogP contribution in [0.5, 0.6) is 0 Å². The van der Waals surface area contributed by atoms with Gasteiger partial charge in [0.25, 0.3) is 0 Å². The average molecular weight is 300 g/mol. The molecule has 0 heterocycles. The highest BCUT2D eigenvalue weighted by atomic mass is 31.2. The van der Waals surface area contributed by atoms with Crippen molar-refractivity contribution in [3.05, 3.63) is 35.4 Å². The molecule has 0 aromatic heterocycles. The van der Waals surface area contributed by atoms with Gasteiger partial charge in [0.2, 0.25) is 0 Å². The first kappa shape index (κ1) is 17.4. The average Bonchev–Trinajstić information content (AvgIpc) is 2.37. The van der Waals surface area contributed by atoms with Crippen LogP contribution in [-0.4, -0.2) is 18.3 Å². The molecule has 1 N–H and O–H groups in total. The summed E-state index contributed by atoms with van der Waals surface area (Å²) in [6.45, 7) is 10.3. The van der Waals surface area contributed by atoms with E-state index in [1.807, 2.05) is 12.1 Å². The van der Waals surface area contributed by atoms with Gasteiger partial charge >= 0.3 is 7.60 Å². The van der Waals surface area contributed by atoms with Crippen molar-refractivity contribution in [1.82, 2.24) is 0 Å². The van der Waals surface area contributed by atoms with Gasteiger partial charge in [-0.3, -0.25) is 4.57 Å². The minimum absolute atomic E-state index is 0.0347. The summed E-state index contributed by atoms with van der Waals surface area (Å²) < 4.78 is 22.8. The first-order valence-corrected chi connectivity index (χ1v) is 8.53. The van der Waals surface area contributed by atoms with E-state index in [2.05, 4.69) is 20.8 Å². The van der Waals surface area contributed by atoms with Crippen LogP contribution in [0.2, 0.25) is 0 Å². The molecule has 1 unspecified atom stereocenters. The van der Waals surface area contributed by atoms with Crippen LogP contribution in [-0.2, 0) is 19.0 Å². The minimum atomic E-state index is -3.53. The summed E-state index contributed by atoms with van der Waals surface area (Å²) in [5, 5.41) is 10.3. The molecule has 0 amide bonds. The maximum absolute atomic E-state index is 12.5. The van der Waals surface area contributed by atoms with Crippen LogP contribution in [0.15, 0.2) is 24.3 Å². The summed E-state index contributed by atoms with van der Waals surface area (Å²) in [5.74, 6) is -1.25. The maximum Gasteiger partial charge on any atom is 0.363 e. The Hall–Kier alpha value is -0.670. The normalized spacial score (nSPS) is 14.3. The van der Waals surface area contributed by atoms with Crippen LogP contribution >= 0.6 is 7.60 Å². The van der Waals surface area contributed by atoms with E-state index in [0.29, 0.717) is 5.56 Å². The number of benzene rings is 1. The van der Waals surface area contributed by atoms with Crippen molar-refractivity contribution in [2.75, 3.05) is 13.2 Å². The molecule has 0 aliphatic heterocycles. The van der Waals surface area contributed by atoms with E-state index in [0.717, 1.165) is 5.56 Å². The highest BCUT2D eigenvalue weighted by Crippen LogP contribution is 2.59. The lowest BCUT2D eigenvalue weighted by atomic mass is 9.87. The zero-order chi connectivity index (χ0) is 15.4. The molecule has 0 saturated heterocycles. The fourth-order valence-electron chi connectivity index (χ4n) is 1.88. The van der Waals surface area contributed by atoms with Gasteiger partial charge in [0.15, 0.2) is 5.85 Å². The molecule has 0 saturated carbocycles. The van der Waals surface area contributed by atoms with Gasteiger partial charge in [-0.25, -0.2) is 0 Å². The number of aliphatic hydroxyl groups excluding tert-OH is 1. The molecule has 0 radical (unpaired) electrons. The molecule has 0 spiro atoms. The summed E-state index contributed by atoms with van der Waals surface area (Å²) in [6, 6.07) is 7.41. The van der Waals surface area contributed by atoms with Crippen LogP contribution in [0.4, 0.5) is 0 Å². The molecule has 20 heavy (non-hydrogen) atoms. The topological polar surface area (TPSA) is 55.8 Å². The Bertz CT molecular complexity index is 452. The lowest BCUT2D eigenvalue weighted by Crippen LogP contribution is -2.11. The Balaban J connectivity index is 3.01. The van der Waals surface area contributed by atoms with Crippen LogP contribution in [0.25, 0.3) is 0 Å². The van der Waals surface area contributed by atoms with E-state index in [1.54, 1.807) is 26.0 Å². The van der Waals surface area contributed by atoms with Gasteiger partial charge in [0.05, 0.1) is 13.2 Å². The fraction of sp³-hybridized carbons (Fsp3) is 0.600. The molecule has 0 fully saturated rings. The monoisotopic (exact) mass is 300 g/mol. The van der Waals surface area contributed by atoms with Crippen molar-refractivity contribution in [2.24, 2.45) is 0 Å². The Morgan fingerprint density at radius 3 is 1.90 bits per heavy atom. The van der Waals surface area contributed by atoms with E-state index >= 15 is 0 Å². The predicted octanol–water partition coefficient (Wildman–Crippen LogP) is 4.24. The third kappa shape index (κ3) is 4.16. The quantitative estimate of drug-likeness (QED) is 0.798. The van der Waals surface area contributed by atoms with Crippen LogP contribution < -0.4 is 0 Å². The second-order valence-corrected chi connectivity index (χ2v) is 7.71. The third-order valence-corrected chi connectivity index (χ3v) is 5.13. The van der Waals surface area contributed by atoms with Gasteiger partial charge in [0.1, 0.15) is 0 Å². The van der Waals surface area contributed by atoms with E-state index in [-0.39, 0.29) is 18.6 Å². The van der Waals surface area contributed by atoms with Crippen molar-refractivity contribution in [3.63, 3.8) is 0 Å². The molecule has 5 heteroatoms. The Kier molecular flexibility index (Phi) is 5.96. The van der Waals surface area contributed by atoms with Crippen molar-refractivity contribution in [3.8, 4) is 0 Å². The van der Waals surface area contributed by atoms with E-state index in [1.165, 1.54) is 0 Å². The van der Waals surface area contributed by atoms with Gasteiger partial charge in [-0.2, -0.15) is 0 Å². The van der Waals surface area contributed by atoms with Gasteiger partial charge in [-0.05, 0) is 30.4 Å². The summed E-state index contributed by atoms with van der Waals surface area (Å²) >= 11 is 0. The van der Waals surface area contributed by atoms with Crippen LogP contribution in [0.3, 0.4) is 0 Å². The predicted molar refractivity (Wildman–Crippen MR) is 81.0 cm³/mol. The highest BCUT2D eigenvalue weighted by molar-refractivity contribution is 7.54. The first-order valence-electron chi connectivity index (χ1n) is 6.92. The molecular weight excluding hydrogens is 275 g/mol. The summed E-state index contributed by atoms with van der Waals surface area (Å²) in [6.07, 6.45) is 0. The van der Waals surface area contributed by atoms with Gasteiger partial charge in [-0.1, -0.05) is 45.0 Å². The third-order valence-electron chi connectivity index (χ3n) is 2.99. The second kappa shape index (κ2) is 6.86. The van der Waals surface area contributed by atoms with Crippen molar-refractivity contribution in [1.29, 1.82) is 0 Å². The van der Waals surface area contributed by atoms with E-state index in [9.17, 15) is 9.67 Å². The Morgan fingerprint density at radius 2 is 1.55 bits per heavy atom. The molecule has 0 aliphatic carbocycles. The van der Waals surface area contributed by atoms with Crippen molar-refractivity contribution >= 4 is 7.60 Å². The molecule has 1 rings (SSSR count). The fourth-order valence-corrected chi connectivity index (χ4v) is 3.49. The number of hydrogen-bond acceptors (Lipinski definition) is 4. The minimum Gasteiger partial charge on any atom is -0.376 e. The Labute approximate surface area is 121 Å². The van der Waals surface area contributed by atoms with E-state index in [4.69, 9.17) is 9.05 Å². The van der Waals surface area contributed by atoms with E-state index < -0.39 is 13.4 Å². The molecular formula is C15H25O4P. The van der Waals surface area contributed by atoms with Crippen molar-refractivity contribution < 1.29 is 18.7 Å². The zero-order valence-electron chi connectivity index (χ0n) is 12.9.